The molecule has 0 saturated carbocycles. The first-order valence-electron chi connectivity index (χ1n) is 5.48. The van der Waals surface area contributed by atoms with Crippen molar-refractivity contribution in [3.05, 3.63) is 34.3 Å². The molecule has 1 aliphatic heterocycles. The van der Waals surface area contributed by atoms with Crippen LogP contribution in [0.1, 0.15) is 11.1 Å². The van der Waals surface area contributed by atoms with E-state index in [1.54, 1.807) is 12.0 Å². The highest BCUT2D eigenvalue weighted by Crippen LogP contribution is 2.29. The minimum absolute atomic E-state index is 0.0927. The van der Waals surface area contributed by atoms with Crippen molar-refractivity contribution in [3.63, 3.8) is 0 Å². The van der Waals surface area contributed by atoms with Crippen molar-refractivity contribution in [1.29, 1.82) is 5.39 Å². The Morgan fingerprint density at radius 3 is 3.06 bits per heavy atom. The number of rotatable bonds is 4. The minimum atomic E-state index is 0.0927. The average Bonchev–Trinajstić information content (AvgIpc) is 2.63. The van der Waals surface area contributed by atoms with Gasteiger partial charge in [-0.15, -0.1) is 0 Å². The maximum Gasteiger partial charge on any atom is 0.330 e. The topological polar surface area (TPSA) is 57.7 Å². The molecule has 1 amide bonds. The van der Waals surface area contributed by atoms with Gasteiger partial charge >= 0.3 is 6.54 Å². The quantitative estimate of drug-likeness (QED) is 0.740. The van der Waals surface area contributed by atoms with Crippen LogP contribution in [-0.2, 0) is 22.5 Å². The van der Waals surface area contributed by atoms with Crippen LogP contribution in [-0.4, -0.2) is 26.2 Å². The van der Waals surface area contributed by atoms with E-state index in [1.165, 1.54) is 0 Å². The molecule has 0 radical (unpaired) electrons. The number of carbonyl (C=O) groups is 1. The van der Waals surface area contributed by atoms with Gasteiger partial charge in [0.25, 0.3) is 0 Å². The van der Waals surface area contributed by atoms with E-state index in [1.807, 2.05) is 18.2 Å². The Hall–Kier alpha value is -1.93. The van der Waals surface area contributed by atoms with Crippen LogP contribution >= 0.6 is 0 Å². The van der Waals surface area contributed by atoms with Crippen molar-refractivity contribution in [2.45, 2.75) is 13.0 Å². The second-order valence-corrected chi connectivity index (χ2v) is 3.98. The van der Waals surface area contributed by atoms with Gasteiger partial charge < -0.3 is 9.64 Å². The van der Waals surface area contributed by atoms with Gasteiger partial charge in [0.15, 0.2) is 0 Å². The van der Waals surface area contributed by atoms with Crippen LogP contribution in [0, 0.1) is 5.39 Å². The number of nitrogens with zero attached hydrogens (tertiary/aromatic N) is 3. The normalized spacial score (nSPS) is 13.6. The van der Waals surface area contributed by atoms with E-state index < -0.39 is 0 Å². The number of fused-ring (bicyclic) bond motifs is 1. The zero-order valence-electron chi connectivity index (χ0n) is 9.72. The second-order valence-electron chi connectivity index (χ2n) is 3.98. The van der Waals surface area contributed by atoms with Crippen LogP contribution in [0.3, 0.4) is 0 Å². The third-order valence-electron chi connectivity index (χ3n) is 2.86. The van der Waals surface area contributed by atoms with Crippen LogP contribution in [0.15, 0.2) is 18.2 Å². The summed E-state index contributed by atoms with van der Waals surface area (Å²) in [5.41, 5.74) is 2.82. The predicted octanol–water partition coefficient (Wildman–Crippen LogP) is 1.58. The summed E-state index contributed by atoms with van der Waals surface area (Å²) < 4.78 is 4.99. The molecule has 0 N–H and O–H groups in total. The van der Waals surface area contributed by atoms with Gasteiger partial charge in [-0.25, -0.2) is 0 Å². The van der Waals surface area contributed by atoms with E-state index in [0.29, 0.717) is 19.6 Å². The summed E-state index contributed by atoms with van der Waals surface area (Å²) in [5, 5.41) is 8.55. The van der Waals surface area contributed by atoms with Crippen molar-refractivity contribution < 1.29 is 9.53 Å². The highest BCUT2D eigenvalue weighted by atomic mass is 16.5. The lowest BCUT2D eigenvalue weighted by molar-refractivity contribution is -0.117. The van der Waals surface area contributed by atoms with Gasteiger partial charge in [-0.2, -0.15) is 0 Å². The number of carbonyl (C=O) groups excluding carboxylic acids is 1. The maximum absolute atomic E-state index is 11.8. The number of hydrogen-bond donors (Lipinski definition) is 0. The van der Waals surface area contributed by atoms with Crippen LogP contribution in [0.2, 0.25) is 0 Å². The Bertz CT molecular complexity index is 479. The fourth-order valence-electron chi connectivity index (χ4n) is 2.01. The van der Waals surface area contributed by atoms with Crippen molar-refractivity contribution >= 4 is 11.6 Å². The SMILES string of the molecule is COCCN1C(=O)Cc2ccc(C[N+]#N)cc21. The van der Waals surface area contributed by atoms with E-state index in [0.717, 1.165) is 16.8 Å². The Kier molecular flexibility index (Phi) is 3.35. The third-order valence-corrected chi connectivity index (χ3v) is 2.86. The average molecular weight is 232 g/mol. The molecule has 5 nitrogen and oxygen atoms in total. The van der Waals surface area contributed by atoms with Gasteiger partial charge in [0.1, 0.15) is 4.98 Å². The molecule has 0 aromatic heterocycles. The molecule has 1 aromatic carbocycles. The number of amides is 1. The fraction of sp³-hybridized carbons (Fsp3) is 0.417. The van der Waals surface area contributed by atoms with Crippen molar-refractivity contribution in [3.8, 4) is 0 Å². The van der Waals surface area contributed by atoms with Gasteiger partial charge in [0.2, 0.25) is 11.3 Å². The summed E-state index contributed by atoms with van der Waals surface area (Å²) in [6.45, 7) is 1.32. The largest absolute Gasteiger partial charge is 0.383 e. The molecule has 0 aliphatic carbocycles. The lowest BCUT2D eigenvalue weighted by Gasteiger charge is -2.16. The number of hydrogen-bond acceptors (Lipinski definition) is 3. The highest BCUT2D eigenvalue weighted by molar-refractivity contribution is 6.01. The van der Waals surface area contributed by atoms with E-state index in [-0.39, 0.29) is 12.5 Å². The van der Waals surface area contributed by atoms with Crippen LogP contribution in [0.25, 0.3) is 4.98 Å². The molecular formula is C12H14N3O2+. The Balaban J connectivity index is 2.26. The monoisotopic (exact) mass is 232 g/mol. The lowest BCUT2D eigenvalue weighted by atomic mass is 10.1. The number of diazo groups is 1. The first-order chi connectivity index (χ1) is 8.26. The van der Waals surface area contributed by atoms with Crippen LogP contribution < -0.4 is 4.90 Å². The molecule has 2 rings (SSSR count). The summed E-state index contributed by atoms with van der Waals surface area (Å²) in [6.07, 6.45) is 0.440. The zero-order chi connectivity index (χ0) is 12.3. The molecule has 17 heavy (non-hydrogen) atoms. The molecule has 1 aromatic rings. The van der Waals surface area contributed by atoms with E-state index in [2.05, 4.69) is 4.98 Å². The molecule has 88 valence electrons. The standard InChI is InChI=1S/C12H14N3O2/c1-17-5-4-15-11-6-9(8-14-13)2-3-10(11)7-12(15)16/h2-3,6H,4-5,7-8H2,1H3/q+1. The van der Waals surface area contributed by atoms with E-state index >= 15 is 0 Å². The van der Waals surface area contributed by atoms with E-state index in [9.17, 15) is 4.79 Å². The summed E-state index contributed by atoms with van der Waals surface area (Å²) >= 11 is 0. The van der Waals surface area contributed by atoms with Crippen molar-refractivity contribution in [2.75, 3.05) is 25.2 Å². The van der Waals surface area contributed by atoms with Gasteiger partial charge in [-0.3, -0.25) is 4.79 Å². The number of benzene rings is 1. The molecule has 1 heterocycles. The molecule has 0 atom stereocenters. The molecule has 0 fully saturated rings. The zero-order valence-corrected chi connectivity index (χ0v) is 9.72. The molecule has 0 bridgehead atoms. The van der Waals surface area contributed by atoms with Crippen molar-refractivity contribution in [1.82, 2.24) is 0 Å². The van der Waals surface area contributed by atoms with Crippen LogP contribution in [0.5, 0.6) is 0 Å². The van der Waals surface area contributed by atoms with E-state index in [4.69, 9.17) is 10.1 Å². The summed E-state index contributed by atoms with van der Waals surface area (Å²) in [6, 6.07) is 5.70. The highest BCUT2D eigenvalue weighted by Gasteiger charge is 2.27. The summed E-state index contributed by atoms with van der Waals surface area (Å²) in [5.74, 6) is 0.0927. The molecule has 5 heteroatoms. The van der Waals surface area contributed by atoms with Gasteiger partial charge in [0, 0.05) is 24.9 Å². The van der Waals surface area contributed by atoms with Crippen molar-refractivity contribution in [2.24, 2.45) is 0 Å². The molecule has 0 spiro atoms. The Morgan fingerprint density at radius 2 is 2.35 bits per heavy atom. The predicted molar refractivity (Wildman–Crippen MR) is 63.2 cm³/mol. The minimum Gasteiger partial charge on any atom is -0.383 e. The smallest absolute Gasteiger partial charge is 0.330 e. The Labute approximate surface area is 99.6 Å². The second kappa shape index (κ2) is 4.93. The number of ether oxygens (including phenoxy) is 1. The summed E-state index contributed by atoms with van der Waals surface area (Å²) in [4.78, 5) is 16.6. The Morgan fingerprint density at radius 1 is 1.53 bits per heavy atom. The number of anilines is 1. The summed E-state index contributed by atoms with van der Waals surface area (Å²) in [7, 11) is 1.61. The number of methoxy groups -OCH3 is 1. The van der Waals surface area contributed by atoms with Crippen LogP contribution in [0.4, 0.5) is 5.69 Å². The first-order valence-corrected chi connectivity index (χ1v) is 5.48. The van der Waals surface area contributed by atoms with Gasteiger partial charge in [-0.1, -0.05) is 12.1 Å². The van der Waals surface area contributed by atoms with Gasteiger partial charge in [-0.05, 0) is 11.6 Å². The molecule has 1 aliphatic rings. The molecule has 0 unspecified atom stereocenters. The fourth-order valence-corrected chi connectivity index (χ4v) is 2.01. The molecule has 0 saturated heterocycles. The van der Waals surface area contributed by atoms with Gasteiger partial charge in [0.05, 0.1) is 13.0 Å². The lowest BCUT2D eigenvalue weighted by Crippen LogP contribution is -2.30. The third kappa shape index (κ3) is 2.27. The first kappa shape index (κ1) is 11.6. The molecular weight excluding hydrogens is 218 g/mol. The maximum atomic E-state index is 11.8.